The predicted molar refractivity (Wildman–Crippen MR) is 213 cm³/mol. The number of hydrogen-bond acceptors (Lipinski definition) is 5. The Bertz CT molecular complexity index is 2570. The Morgan fingerprint density at radius 1 is 0.660 bits per heavy atom. The lowest BCUT2D eigenvalue weighted by Gasteiger charge is -2.29. The van der Waals surface area contributed by atoms with Gasteiger partial charge in [-0.3, -0.25) is 20.2 Å². The maximum absolute atomic E-state index is 11.5. The molecule has 0 aromatic heterocycles. The maximum atomic E-state index is 11.5. The molecule has 0 saturated carbocycles. The minimum atomic E-state index is -0.446. The van der Waals surface area contributed by atoms with Crippen LogP contribution in [-0.4, -0.2) is 34.2 Å². The lowest BCUT2D eigenvalue weighted by molar-refractivity contribution is -0.401. The lowest BCUT2D eigenvalue weighted by atomic mass is 9.72. The van der Waals surface area contributed by atoms with Gasteiger partial charge >= 0.3 is 0 Å². The number of likely N-dealkylation sites (N-methyl/N-ethyl adjacent to an activating group) is 1. The number of non-ortho nitro benzene ring substituents is 2. The number of hydrogen-bond donors (Lipinski definition) is 0. The zero-order chi connectivity index (χ0) is 37.1. The molecule has 53 heavy (non-hydrogen) atoms. The molecule has 2 unspecified atom stereocenters. The van der Waals surface area contributed by atoms with Gasteiger partial charge in [-0.1, -0.05) is 84.9 Å². The van der Waals surface area contributed by atoms with Crippen molar-refractivity contribution < 1.29 is 14.4 Å². The van der Waals surface area contributed by atoms with Gasteiger partial charge in [0, 0.05) is 65.8 Å². The van der Waals surface area contributed by atoms with E-state index in [0.717, 1.165) is 33.9 Å². The Morgan fingerprint density at radius 2 is 1.17 bits per heavy atom. The Labute approximate surface area is 307 Å². The second-order valence-corrected chi connectivity index (χ2v) is 14.6. The molecule has 0 radical (unpaired) electrons. The first-order valence-electron chi connectivity index (χ1n) is 17.7. The van der Waals surface area contributed by atoms with Crippen molar-refractivity contribution in [2.45, 2.75) is 37.5 Å². The van der Waals surface area contributed by atoms with Crippen LogP contribution in [0.2, 0.25) is 0 Å². The minimum Gasteiger partial charge on any atom is -0.347 e. The number of fused-ring (bicyclic) bond motifs is 6. The van der Waals surface area contributed by atoms with E-state index in [4.69, 9.17) is 0 Å². The van der Waals surface area contributed by atoms with Gasteiger partial charge in [0.25, 0.3) is 11.4 Å². The highest BCUT2D eigenvalue weighted by Crippen LogP contribution is 2.52. The third kappa shape index (κ3) is 5.49. The van der Waals surface area contributed by atoms with Crippen LogP contribution in [0.25, 0.3) is 21.5 Å². The van der Waals surface area contributed by atoms with E-state index in [-0.39, 0.29) is 21.2 Å². The number of benzene rings is 6. The maximum Gasteiger partial charge on any atom is 0.269 e. The van der Waals surface area contributed by atoms with Gasteiger partial charge < -0.3 is 4.90 Å². The third-order valence-corrected chi connectivity index (χ3v) is 11.4. The smallest absolute Gasteiger partial charge is 0.269 e. The van der Waals surface area contributed by atoms with Crippen LogP contribution in [0.1, 0.15) is 36.1 Å². The molecule has 6 aromatic rings. The predicted octanol–water partition coefficient (Wildman–Crippen LogP) is 10.1. The number of nitro benzene ring substituents is 2. The highest BCUT2D eigenvalue weighted by molar-refractivity contribution is 6.08. The monoisotopic (exact) mass is 699 g/mol. The second-order valence-electron chi connectivity index (χ2n) is 14.6. The Kier molecular flexibility index (Phi) is 8.06. The lowest BCUT2D eigenvalue weighted by Crippen LogP contribution is -2.33. The summed E-state index contributed by atoms with van der Waals surface area (Å²) in [5, 5.41) is 27.6. The molecule has 0 bridgehead atoms. The normalized spacial score (nSPS) is 20.2. The van der Waals surface area contributed by atoms with Crippen LogP contribution >= 0.6 is 0 Å². The molecule has 2 aliphatic heterocycles. The van der Waals surface area contributed by atoms with Crippen molar-refractivity contribution in [2.75, 3.05) is 19.0 Å². The van der Waals surface area contributed by atoms with E-state index in [1.165, 1.54) is 32.7 Å². The number of nitrogens with zero attached hydrogens (tertiary/aromatic N) is 4. The molecule has 0 N–H and O–H groups in total. The molecular formula is C45H39N4O4+. The molecule has 2 aliphatic rings. The summed E-state index contributed by atoms with van der Waals surface area (Å²) in [6.45, 7) is 4.55. The number of allylic oxidation sites excluding steroid dienone is 4. The van der Waals surface area contributed by atoms with Gasteiger partial charge in [-0.15, -0.1) is 0 Å². The van der Waals surface area contributed by atoms with Crippen LogP contribution in [0.5, 0.6) is 0 Å². The molecule has 8 nitrogen and oxygen atoms in total. The molecule has 0 amide bonds. The topological polar surface area (TPSA) is 92.5 Å². The number of rotatable bonds is 8. The molecule has 2 heterocycles. The fourth-order valence-corrected chi connectivity index (χ4v) is 8.96. The zero-order valence-electron chi connectivity index (χ0n) is 30.1. The third-order valence-electron chi connectivity index (χ3n) is 11.4. The summed E-state index contributed by atoms with van der Waals surface area (Å²) in [6.07, 6.45) is 7.90. The van der Waals surface area contributed by atoms with Crippen molar-refractivity contribution in [2.24, 2.45) is 0 Å². The molecule has 8 rings (SSSR count). The second kappa shape index (κ2) is 12.7. The van der Waals surface area contributed by atoms with E-state index >= 15 is 0 Å². The molecule has 2 atom stereocenters. The van der Waals surface area contributed by atoms with E-state index in [0.29, 0.717) is 12.8 Å². The summed E-state index contributed by atoms with van der Waals surface area (Å²) in [5.41, 5.74) is 8.31. The van der Waals surface area contributed by atoms with Crippen LogP contribution in [-0.2, 0) is 23.7 Å². The largest absolute Gasteiger partial charge is 0.347 e. The van der Waals surface area contributed by atoms with Gasteiger partial charge in [-0.2, -0.15) is 4.58 Å². The van der Waals surface area contributed by atoms with Crippen molar-refractivity contribution in [1.29, 1.82) is 0 Å². The fraction of sp³-hybridized carbons (Fsp3) is 0.178. The first-order chi connectivity index (χ1) is 25.5. The van der Waals surface area contributed by atoms with Gasteiger partial charge in [-0.05, 0) is 83.1 Å². The quantitative estimate of drug-likeness (QED) is 0.0896. The highest BCUT2D eigenvalue weighted by Gasteiger charge is 2.48. The summed E-state index contributed by atoms with van der Waals surface area (Å²) in [6, 6.07) is 39.5. The van der Waals surface area contributed by atoms with Crippen molar-refractivity contribution in [3.05, 3.63) is 188 Å². The van der Waals surface area contributed by atoms with E-state index < -0.39 is 10.8 Å². The minimum absolute atomic E-state index is 0.0789. The van der Waals surface area contributed by atoms with Crippen molar-refractivity contribution in [1.82, 2.24) is 0 Å². The van der Waals surface area contributed by atoms with Gasteiger partial charge in [0.05, 0.1) is 15.3 Å². The van der Waals surface area contributed by atoms with Gasteiger partial charge in [0.2, 0.25) is 5.69 Å². The molecule has 0 spiro atoms. The molecule has 0 saturated heterocycles. The fourth-order valence-electron chi connectivity index (χ4n) is 8.96. The van der Waals surface area contributed by atoms with Crippen molar-refractivity contribution in [3.8, 4) is 0 Å². The summed E-state index contributed by atoms with van der Waals surface area (Å²) in [7, 11) is 4.23. The van der Waals surface area contributed by atoms with Crippen LogP contribution in [0.3, 0.4) is 0 Å². The highest BCUT2D eigenvalue weighted by atomic mass is 16.6. The Balaban J connectivity index is 1.25. The van der Waals surface area contributed by atoms with Crippen molar-refractivity contribution in [3.63, 3.8) is 0 Å². The molecule has 6 aromatic carbocycles. The first kappa shape index (κ1) is 33.7. The van der Waals surface area contributed by atoms with Crippen LogP contribution in [0.4, 0.5) is 22.7 Å². The SMILES string of the molecule is CN1C(=CC=CC2=[N+](C)c3ccc4ccccc4c3C2(C)Cc2ccc([N+](=O)[O-])cc2)C(C)(Cc2ccc([N+](=O)[O-])cc2)c2c1ccc1ccccc21. The van der Waals surface area contributed by atoms with Crippen LogP contribution in [0, 0.1) is 20.2 Å². The summed E-state index contributed by atoms with van der Waals surface area (Å²) < 4.78 is 2.28. The molecule has 0 fully saturated rings. The standard InChI is InChI=1S/C45H39N4O4/c1-44(28-30-16-22-34(23-17-30)48(50)51)40(46(3)38-26-20-32-10-5-7-12-36(32)42(38)44)14-9-15-41-45(2,29-31-18-24-35(25-19-31)49(52)53)43-37-13-8-6-11-33(37)21-27-39(43)47(41)4/h5-27H,28-29H2,1-4H3/q+1. The van der Waals surface area contributed by atoms with Crippen molar-refractivity contribution >= 4 is 50.0 Å². The number of anilines is 1. The molecule has 8 heteroatoms. The Hall–Kier alpha value is -6.41. The summed E-state index contributed by atoms with van der Waals surface area (Å²) in [5.74, 6) is 0. The molecule has 262 valence electrons. The van der Waals surface area contributed by atoms with Gasteiger partial charge in [0.1, 0.15) is 7.05 Å². The zero-order valence-corrected chi connectivity index (χ0v) is 30.1. The Morgan fingerprint density at radius 3 is 1.74 bits per heavy atom. The molecular weight excluding hydrogens is 661 g/mol. The first-order valence-corrected chi connectivity index (χ1v) is 17.7. The summed E-state index contributed by atoms with van der Waals surface area (Å²) in [4.78, 5) is 24.5. The van der Waals surface area contributed by atoms with Gasteiger partial charge in [0.15, 0.2) is 5.71 Å². The van der Waals surface area contributed by atoms with Crippen LogP contribution in [0.15, 0.2) is 145 Å². The van der Waals surface area contributed by atoms with Crippen LogP contribution < -0.4 is 4.90 Å². The number of nitro groups is 2. The van der Waals surface area contributed by atoms with E-state index in [2.05, 4.69) is 128 Å². The van der Waals surface area contributed by atoms with E-state index in [9.17, 15) is 20.2 Å². The average molecular weight is 700 g/mol. The van der Waals surface area contributed by atoms with E-state index in [1.807, 2.05) is 24.3 Å². The summed E-state index contributed by atoms with van der Waals surface area (Å²) >= 11 is 0. The molecule has 0 aliphatic carbocycles. The van der Waals surface area contributed by atoms with E-state index in [1.54, 1.807) is 24.3 Å². The average Bonchev–Trinajstić information content (AvgIpc) is 3.50. The van der Waals surface area contributed by atoms with Gasteiger partial charge in [-0.25, -0.2) is 0 Å².